The first kappa shape index (κ1) is 12.5. The molecule has 0 fully saturated rings. The summed E-state index contributed by atoms with van der Waals surface area (Å²) in [6.07, 6.45) is 2.32. The number of hydrogen-bond donors (Lipinski definition) is 1. The summed E-state index contributed by atoms with van der Waals surface area (Å²) in [6, 6.07) is 6.81. The van der Waals surface area contributed by atoms with E-state index in [1.165, 1.54) is 6.07 Å². The van der Waals surface area contributed by atoms with Crippen molar-refractivity contribution in [1.29, 1.82) is 0 Å². The molecule has 0 saturated carbocycles. The van der Waals surface area contributed by atoms with Gasteiger partial charge in [0, 0.05) is 6.54 Å². The largest absolute Gasteiger partial charge is 0.368 e. The molecule has 0 aliphatic carbocycles. The molecule has 0 aliphatic heterocycles. The maximum Gasteiger partial charge on any atom is 0.144 e. The van der Waals surface area contributed by atoms with Crippen molar-refractivity contribution in [2.75, 3.05) is 11.9 Å². The van der Waals surface area contributed by atoms with Crippen LogP contribution in [0.3, 0.4) is 0 Å². The van der Waals surface area contributed by atoms with Gasteiger partial charge in [0.05, 0.1) is 17.6 Å². The number of aromatic nitrogens is 2. The Labute approximate surface area is 106 Å². The molecular weight excluding hydrogens is 229 g/mol. The first-order valence-corrected chi connectivity index (χ1v) is 5.94. The molecule has 1 aromatic carbocycles. The number of aryl methyl sites for hydroxylation is 2. The maximum absolute atomic E-state index is 13.4. The van der Waals surface area contributed by atoms with E-state index in [2.05, 4.69) is 15.3 Å². The fraction of sp³-hybridized carbons (Fsp3) is 0.286. The Kier molecular flexibility index (Phi) is 3.87. The molecule has 1 aromatic heterocycles. The quantitative estimate of drug-likeness (QED) is 0.900. The smallest absolute Gasteiger partial charge is 0.144 e. The summed E-state index contributed by atoms with van der Waals surface area (Å²) in [7, 11) is 0. The number of anilines is 1. The molecule has 1 heterocycles. The second-order valence-corrected chi connectivity index (χ2v) is 4.19. The van der Waals surface area contributed by atoms with Crippen LogP contribution >= 0.6 is 0 Å². The van der Waals surface area contributed by atoms with Crippen LogP contribution in [-0.4, -0.2) is 16.5 Å². The zero-order valence-corrected chi connectivity index (χ0v) is 10.6. The second kappa shape index (κ2) is 5.58. The fourth-order valence-corrected chi connectivity index (χ4v) is 1.65. The van der Waals surface area contributed by atoms with Crippen LogP contribution in [0.5, 0.6) is 0 Å². The van der Waals surface area contributed by atoms with Crippen LogP contribution in [0.15, 0.2) is 30.5 Å². The van der Waals surface area contributed by atoms with Crippen molar-refractivity contribution in [2.24, 2.45) is 0 Å². The highest BCUT2D eigenvalue weighted by Gasteiger charge is 2.01. The van der Waals surface area contributed by atoms with E-state index in [-0.39, 0.29) is 5.82 Å². The van der Waals surface area contributed by atoms with E-state index in [9.17, 15) is 4.39 Å². The topological polar surface area (TPSA) is 37.8 Å². The molecule has 18 heavy (non-hydrogen) atoms. The summed E-state index contributed by atoms with van der Waals surface area (Å²) in [4.78, 5) is 8.58. The molecule has 0 saturated heterocycles. The lowest BCUT2D eigenvalue weighted by Crippen LogP contribution is -2.08. The van der Waals surface area contributed by atoms with Gasteiger partial charge < -0.3 is 5.32 Å². The van der Waals surface area contributed by atoms with Crippen molar-refractivity contribution in [3.63, 3.8) is 0 Å². The molecule has 94 valence electrons. The van der Waals surface area contributed by atoms with Gasteiger partial charge in [0.25, 0.3) is 0 Å². The predicted molar refractivity (Wildman–Crippen MR) is 70.1 cm³/mol. The third-order valence-electron chi connectivity index (χ3n) is 2.85. The first-order valence-electron chi connectivity index (χ1n) is 5.94. The highest BCUT2D eigenvalue weighted by Crippen LogP contribution is 2.09. The Morgan fingerprint density at radius 2 is 1.94 bits per heavy atom. The number of rotatable bonds is 4. The Hall–Kier alpha value is -1.97. The molecule has 4 heteroatoms. The van der Waals surface area contributed by atoms with E-state index < -0.39 is 0 Å². The average Bonchev–Trinajstić information content (AvgIpc) is 2.36. The van der Waals surface area contributed by atoms with Crippen LogP contribution in [0, 0.1) is 19.7 Å². The van der Waals surface area contributed by atoms with Crippen LogP contribution in [0.25, 0.3) is 0 Å². The number of halogens is 1. The lowest BCUT2D eigenvalue weighted by atomic mass is 10.1. The van der Waals surface area contributed by atoms with Crippen molar-refractivity contribution < 1.29 is 4.39 Å². The summed E-state index contributed by atoms with van der Waals surface area (Å²) >= 11 is 0. The molecule has 0 radical (unpaired) electrons. The van der Waals surface area contributed by atoms with Gasteiger partial charge in [-0.2, -0.15) is 0 Å². The van der Waals surface area contributed by atoms with Gasteiger partial charge in [-0.25, -0.2) is 9.37 Å². The Morgan fingerprint density at radius 3 is 2.67 bits per heavy atom. The molecule has 0 atom stereocenters. The van der Waals surface area contributed by atoms with Gasteiger partial charge in [-0.05, 0) is 31.9 Å². The number of nitrogens with zero attached hydrogens (tertiary/aromatic N) is 2. The van der Waals surface area contributed by atoms with Crippen LogP contribution < -0.4 is 5.32 Å². The van der Waals surface area contributed by atoms with Crippen molar-refractivity contribution in [2.45, 2.75) is 20.3 Å². The summed E-state index contributed by atoms with van der Waals surface area (Å²) in [5.41, 5.74) is 2.54. The van der Waals surface area contributed by atoms with Gasteiger partial charge in [-0.1, -0.05) is 18.2 Å². The molecular formula is C14H16FN3. The van der Waals surface area contributed by atoms with E-state index in [0.717, 1.165) is 17.2 Å². The van der Waals surface area contributed by atoms with E-state index in [1.807, 2.05) is 19.9 Å². The zero-order chi connectivity index (χ0) is 13.0. The van der Waals surface area contributed by atoms with E-state index >= 15 is 0 Å². The van der Waals surface area contributed by atoms with Crippen molar-refractivity contribution >= 4 is 5.82 Å². The van der Waals surface area contributed by atoms with Crippen LogP contribution in [0.4, 0.5) is 10.2 Å². The number of hydrogen-bond acceptors (Lipinski definition) is 3. The van der Waals surface area contributed by atoms with E-state index in [0.29, 0.717) is 18.5 Å². The highest BCUT2D eigenvalue weighted by molar-refractivity contribution is 5.33. The van der Waals surface area contributed by atoms with Gasteiger partial charge in [0.1, 0.15) is 11.6 Å². The van der Waals surface area contributed by atoms with Crippen LogP contribution in [0.1, 0.15) is 17.0 Å². The zero-order valence-electron chi connectivity index (χ0n) is 10.6. The first-order chi connectivity index (χ1) is 8.66. The van der Waals surface area contributed by atoms with E-state index in [1.54, 1.807) is 18.3 Å². The monoisotopic (exact) mass is 245 g/mol. The normalized spacial score (nSPS) is 10.4. The molecule has 0 unspecified atom stereocenters. The summed E-state index contributed by atoms with van der Waals surface area (Å²) in [6.45, 7) is 4.48. The standard InChI is InChI=1S/C14H16FN3/c1-10-11(2)18-14(9-17-10)16-8-7-12-5-3-4-6-13(12)15/h3-6,9H,7-8H2,1-2H3,(H,16,18). The highest BCUT2D eigenvalue weighted by atomic mass is 19.1. The Bertz CT molecular complexity index is 540. The third kappa shape index (κ3) is 3.03. The number of nitrogens with one attached hydrogen (secondary N) is 1. The maximum atomic E-state index is 13.4. The molecule has 0 spiro atoms. The van der Waals surface area contributed by atoms with Gasteiger partial charge in [-0.15, -0.1) is 0 Å². The van der Waals surface area contributed by atoms with Crippen molar-refractivity contribution in [1.82, 2.24) is 9.97 Å². The van der Waals surface area contributed by atoms with Gasteiger partial charge in [-0.3, -0.25) is 4.98 Å². The second-order valence-electron chi connectivity index (χ2n) is 4.19. The predicted octanol–water partition coefficient (Wildman–Crippen LogP) is 2.89. The SMILES string of the molecule is Cc1ncc(NCCc2ccccc2F)nc1C. The summed E-state index contributed by atoms with van der Waals surface area (Å²) in [5.74, 6) is 0.569. The number of benzene rings is 1. The van der Waals surface area contributed by atoms with Gasteiger partial charge in [0.2, 0.25) is 0 Å². The Morgan fingerprint density at radius 1 is 1.17 bits per heavy atom. The molecule has 0 amide bonds. The van der Waals surface area contributed by atoms with Gasteiger partial charge in [0.15, 0.2) is 0 Å². The fourth-order valence-electron chi connectivity index (χ4n) is 1.65. The minimum absolute atomic E-state index is 0.162. The minimum Gasteiger partial charge on any atom is -0.368 e. The summed E-state index contributed by atoms with van der Waals surface area (Å²) in [5, 5.41) is 3.15. The Balaban J connectivity index is 1.92. The average molecular weight is 245 g/mol. The lowest BCUT2D eigenvalue weighted by molar-refractivity contribution is 0.610. The molecule has 2 aromatic rings. The van der Waals surface area contributed by atoms with Crippen LogP contribution in [0.2, 0.25) is 0 Å². The molecule has 0 aliphatic rings. The third-order valence-corrected chi connectivity index (χ3v) is 2.85. The summed E-state index contributed by atoms with van der Waals surface area (Å²) < 4.78 is 13.4. The molecule has 1 N–H and O–H groups in total. The molecule has 0 bridgehead atoms. The molecule has 3 nitrogen and oxygen atoms in total. The van der Waals surface area contributed by atoms with Crippen LogP contribution in [-0.2, 0) is 6.42 Å². The lowest BCUT2D eigenvalue weighted by Gasteiger charge is -2.07. The van der Waals surface area contributed by atoms with Gasteiger partial charge >= 0.3 is 0 Å². The molecule has 2 rings (SSSR count). The van der Waals surface area contributed by atoms with Crippen molar-refractivity contribution in [3.05, 3.63) is 53.2 Å². The minimum atomic E-state index is -0.162. The van der Waals surface area contributed by atoms with Crippen molar-refractivity contribution in [3.8, 4) is 0 Å². The van der Waals surface area contributed by atoms with E-state index in [4.69, 9.17) is 0 Å².